The van der Waals surface area contributed by atoms with Gasteiger partial charge in [0.15, 0.2) is 0 Å². The van der Waals surface area contributed by atoms with Gasteiger partial charge in [0, 0.05) is 0 Å². The maximum atomic E-state index is 11.4. The van der Waals surface area contributed by atoms with Crippen LogP contribution in [0, 0.1) is 13.8 Å². The Morgan fingerprint density at radius 1 is 1.20 bits per heavy atom. The predicted octanol–water partition coefficient (Wildman–Crippen LogP) is 4.13. The number of hydrogen-bond acceptors (Lipinski definition) is 4. The third-order valence-corrected chi connectivity index (χ3v) is 3.48. The number of halogens is 2. The van der Waals surface area contributed by atoms with E-state index >= 15 is 0 Å². The summed E-state index contributed by atoms with van der Waals surface area (Å²) in [5.41, 5.74) is 1.82. The van der Waals surface area contributed by atoms with Gasteiger partial charge >= 0.3 is 7.82 Å². The van der Waals surface area contributed by atoms with Crippen LogP contribution in [0.25, 0.3) is 0 Å². The van der Waals surface area contributed by atoms with E-state index < -0.39 is 7.82 Å². The molecule has 0 saturated heterocycles. The van der Waals surface area contributed by atoms with E-state index in [2.05, 4.69) is 8.15 Å². The van der Waals surface area contributed by atoms with Crippen molar-refractivity contribution in [1.82, 2.24) is 0 Å². The fourth-order valence-electron chi connectivity index (χ4n) is 1.06. The molecule has 0 bridgehead atoms. The molecule has 4 nitrogen and oxygen atoms in total. The summed E-state index contributed by atoms with van der Waals surface area (Å²) < 4.78 is 24.4. The zero-order valence-electron chi connectivity index (χ0n) is 8.07. The molecule has 0 N–H and O–H groups in total. The topological polar surface area (TPSA) is 44.8 Å². The van der Waals surface area contributed by atoms with Gasteiger partial charge in [-0.15, -0.1) is 0 Å². The van der Waals surface area contributed by atoms with Crippen molar-refractivity contribution in [3.63, 3.8) is 0 Å². The van der Waals surface area contributed by atoms with Gasteiger partial charge in [0.25, 0.3) is 0 Å². The molecule has 15 heavy (non-hydrogen) atoms. The third-order valence-electron chi connectivity index (χ3n) is 1.71. The van der Waals surface area contributed by atoms with Crippen LogP contribution in [0.1, 0.15) is 11.1 Å². The molecular weight excluding hydrogens is 262 g/mol. The van der Waals surface area contributed by atoms with Gasteiger partial charge in [0.1, 0.15) is 5.75 Å². The van der Waals surface area contributed by atoms with Gasteiger partial charge in [0.2, 0.25) is 0 Å². The smallest absolute Gasteiger partial charge is 0.402 e. The Hall–Kier alpha value is -0.250. The molecule has 0 aromatic heterocycles. The number of aryl methyl sites for hydroxylation is 2. The highest BCUT2D eigenvalue weighted by Gasteiger charge is 2.29. The average molecular weight is 271 g/mol. The van der Waals surface area contributed by atoms with E-state index in [1.165, 1.54) is 0 Å². The molecule has 0 aliphatic heterocycles. The highest BCUT2D eigenvalue weighted by molar-refractivity contribution is 7.50. The van der Waals surface area contributed by atoms with Gasteiger partial charge in [-0.2, -0.15) is 8.15 Å². The Kier molecular flexibility index (Phi) is 4.44. The summed E-state index contributed by atoms with van der Waals surface area (Å²) in [6.07, 6.45) is 0. The van der Waals surface area contributed by atoms with E-state index in [9.17, 15) is 4.57 Å². The Morgan fingerprint density at radius 2 is 1.80 bits per heavy atom. The van der Waals surface area contributed by atoms with Crippen LogP contribution in [0.3, 0.4) is 0 Å². The van der Waals surface area contributed by atoms with Crippen molar-refractivity contribution in [2.75, 3.05) is 0 Å². The SMILES string of the molecule is Cc1ccc(OP(=O)(OCl)OCl)c(C)c1. The van der Waals surface area contributed by atoms with Crippen molar-refractivity contribution in [3.8, 4) is 5.75 Å². The van der Waals surface area contributed by atoms with Crippen LogP contribution in [0.4, 0.5) is 0 Å². The van der Waals surface area contributed by atoms with Crippen LogP contribution in [0.2, 0.25) is 0 Å². The number of hydrogen-bond donors (Lipinski definition) is 0. The Balaban J connectivity index is 2.94. The van der Waals surface area contributed by atoms with E-state index in [1.807, 2.05) is 13.0 Å². The summed E-state index contributed by atoms with van der Waals surface area (Å²) in [5, 5.41) is 0. The molecule has 1 aromatic carbocycles. The summed E-state index contributed by atoms with van der Waals surface area (Å²) in [6.45, 7) is 3.71. The number of phosphoric acid groups is 1. The fourth-order valence-corrected chi connectivity index (χ4v) is 2.01. The van der Waals surface area contributed by atoms with E-state index in [1.54, 1.807) is 19.1 Å². The monoisotopic (exact) mass is 270 g/mol. The number of rotatable bonds is 4. The molecule has 1 aromatic rings. The first-order valence-corrected chi connectivity index (χ1v) is 6.06. The summed E-state index contributed by atoms with van der Waals surface area (Å²) in [6, 6.07) is 5.26. The van der Waals surface area contributed by atoms with Crippen LogP contribution < -0.4 is 4.52 Å². The second kappa shape index (κ2) is 5.19. The molecule has 0 saturated carbocycles. The zero-order valence-corrected chi connectivity index (χ0v) is 10.5. The van der Waals surface area contributed by atoms with Crippen molar-refractivity contribution in [2.45, 2.75) is 13.8 Å². The highest BCUT2D eigenvalue weighted by Crippen LogP contribution is 2.52. The van der Waals surface area contributed by atoms with E-state index in [0.717, 1.165) is 11.1 Å². The van der Waals surface area contributed by atoms with Crippen molar-refractivity contribution >= 4 is 31.6 Å². The van der Waals surface area contributed by atoms with E-state index in [4.69, 9.17) is 28.3 Å². The molecule has 0 atom stereocenters. The zero-order chi connectivity index (χ0) is 11.5. The van der Waals surface area contributed by atoms with Gasteiger partial charge in [-0.1, -0.05) is 17.7 Å². The summed E-state index contributed by atoms with van der Waals surface area (Å²) in [5.74, 6) is 0.338. The molecule has 0 heterocycles. The van der Waals surface area contributed by atoms with Gasteiger partial charge in [-0.05, 0) is 25.5 Å². The summed E-state index contributed by atoms with van der Waals surface area (Å²) >= 11 is 9.89. The van der Waals surface area contributed by atoms with E-state index in [0.29, 0.717) is 5.75 Å². The van der Waals surface area contributed by atoms with Crippen LogP contribution in [0.5, 0.6) is 5.75 Å². The lowest BCUT2D eigenvalue weighted by Gasteiger charge is -2.12. The lowest BCUT2D eigenvalue weighted by atomic mass is 10.1. The Morgan fingerprint density at radius 3 is 2.27 bits per heavy atom. The molecule has 0 fully saturated rings. The molecule has 0 unspecified atom stereocenters. The average Bonchev–Trinajstić information content (AvgIpc) is 2.22. The van der Waals surface area contributed by atoms with Crippen molar-refractivity contribution in [1.29, 1.82) is 0 Å². The van der Waals surface area contributed by atoms with Crippen molar-refractivity contribution in [3.05, 3.63) is 29.3 Å². The van der Waals surface area contributed by atoms with Crippen molar-refractivity contribution < 1.29 is 17.2 Å². The van der Waals surface area contributed by atoms with Gasteiger partial charge in [0.05, 0.1) is 23.7 Å². The largest absolute Gasteiger partial charge is 0.563 e. The third kappa shape index (κ3) is 3.37. The highest BCUT2D eigenvalue weighted by atomic mass is 35.5. The minimum Gasteiger partial charge on any atom is -0.402 e. The molecule has 0 radical (unpaired) electrons. The summed E-state index contributed by atoms with van der Waals surface area (Å²) in [7, 11) is -3.91. The molecule has 0 aliphatic carbocycles. The lowest BCUT2D eigenvalue weighted by Crippen LogP contribution is -1.94. The Bertz CT molecular complexity index is 388. The second-order valence-electron chi connectivity index (χ2n) is 2.95. The minimum atomic E-state index is -3.91. The van der Waals surface area contributed by atoms with Gasteiger partial charge < -0.3 is 4.52 Å². The first-order chi connectivity index (χ1) is 7.00. The normalized spacial score (nSPS) is 11.5. The maximum absolute atomic E-state index is 11.4. The Labute approximate surface area is 98.0 Å². The first kappa shape index (κ1) is 12.8. The molecule has 84 valence electrons. The predicted molar refractivity (Wildman–Crippen MR) is 58.0 cm³/mol. The van der Waals surface area contributed by atoms with Crippen molar-refractivity contribution in [2.24, 2.45) is 0 Å². The number of benzene rings is 1. The fraction of sp³-hybridized carbons (Fsp3) is 0.250. The van der Waals surface area contributed by atoms with Crippen LogP contribution in [-0.2, 0) is 12.7 Å². The molecule has 1 rings (SSSR count). The maximum Gasteiger partial charge on any atom is 0.563 e. The second-order valence-corrected chi connectivity index (χ2v) is 5.13. The lowest BCUT2D eigenvalue weighted by molar-refractivity contribution is 0.317. The standard InChI is InChI=1S/C8H9Cl2O4P/c1-6-3-4-8(7(2)5-6)12-15(11,13-9)14-10/h3-5H,1-2H3. The van der Waals surface area contributed by atoms with Crippen LogP contribution >= 0.6 is 31.6 Å². The molecule has 7 heteroatoms. The minimum absolute atomic E-state index is 0.338. The summed E-state index contributed by atoms with van der Waals surface area (Å²) in [4.78, 5) is 0. The molecule has 0 amide bonds. The van der Waals surface area contributed by atoms with Gasteiger partial charge in [-0.3, -0.25) is 0 Å². The quantitative estimate of drug-likeness (QED) is 0.772. The molecule has 0 spiro atoms. The molecule has 0 aliphatic rings. The van der Waals surface area contributed by atoms with E-state index in [-0.39, 0.29) is 0 Å². The first-order valence-electron chi connectivity index (χ1n) is 3.98. The van der Waals surface area contributed by atoms with Crippen LogP contribution in [0.15, 0.2) is 18.2 Å². The van der Waals surface area contributed by atoms with Gasteiger partial charge in [-0.25, -0.2) is 4.57 Å². The molecular formula is C8H9Cl2O4P. The van der Waals surface area contributed by atoms with Crippen LogP contribution in [-0.4, -0.2) is 0 Å².